The molecule has 0 bridgehead atoms. The van der Waals surface area contributed by atoms with Gasteiger partial charge in [-0.1, -0.05) is 30.3 Å². The first-order valence-corrected chi connectivity index (χ1v) is 6.91. The van der Waals surface area contributed by atoms with E-state index in [0.29, 0.717) is 26.1 Å². The van der Waals surface area contributed by atoms with Crippen molar-refractivity contribution in [3.63, 3.8) is 0 Å². The van der Waals surface area contributed by atoms with Gasteiger partial charge in [-0.25, -0.2) is 0 Å². The second-order valence-corrected chi connectivity index (χ2v) is 4.96. The first-order valence-electron chi connectivity index (χ1n) is 6.91. The minimum absolute atomic E-state index is 0.00589. The molecule has 0 radical (unpaired) electrons. The summed E-state index contributed by atoms with van der Waals surface area (Å²) in [5.74, 6) is -0.254. The molecule has 1 heterocycles. The number of hydrogen-bond acceptors (Lipinski definition) is 4. The van der Waals surface area contributed by atoms with Crippen LogP contribution >= 0.6 is 0 Å². The highest BCUT2D eigenvalue weighted by molar-refractivity contribution is 5.97. The SMILES string of the molecule is O=C1CCCN1C(=O)CN(CCO)Cc1ccccc1. The molecule has 2 rings (SSSR count). The Morgan fingerprint density at radius 3 is 2.65 bits per heavy atom. The van der Waals surface area contributed by atoms with E-state index in [9.17, 15) is 9.59 Å². The topological polar surface area (TPSA) is 60.9 Å². The Morgan fingerprint density at radius 1 is 1.30 bits per heavy atom. The Kier molecular flexibility index (Phi) is 5.26. The third kappa shape index (κ3) is 3.88. The Balaban J connectivity index is 1.95. The third-order valence-corrected chi connectivity index (χ3v) is 3.40. The molecule has 0 spiro atoms. The Hall–Kier alpha value is -1.72. The summed E-state index contributed by atoms with van der Waals surface area (Å²) >= 11 is 0. The van der Waals surface area contributed by atoms with Crippen molar-refractivity contribution in [1.82, 2.24) is 9.80 Å². The van der Waals surface area contributed by atoms with Gasteiger partial charge in [0.25, 0.3) is 0 Å². The van der Waals surface area contributed by atoms with Gasteiger partial charge < -0.3 is 5.11 Å². The number of rotatable bonds is 6. The molecular weight excluding hydrogens is 256 g/mol. The first kappa shape index (κ1) is 14.7. The molecule has 1 aromatic carbocycles. The molecule has 108 valence electrons. The molecule has 0 aliphatic carbocycles. The molecule has 0 aromatic heterocycles. The van der Waals surface area contributed by atoms with E-state index in [-0.39, 0.29) is 25.0 Å². The van der Waals surface area contributed by atoms with Crippen LogP contribution in [0.5, 0.6) is 0 Å². The van der Waals surface area contributed by atoms with Crippen molar-refractivity contribution < 1.29 is 14.7 Å². The highest BCUT2D eigenvalue weighted by Gasteiger charge is 2.27. The van der Waals surface area contributed by atoms with E-state index < -0.39 is 0 Å². The van der Waals surface area contributed by atoms with E-state index in [0.717, 1.165) is 12.0 Å². The van der Waals surface area contributed by atoms with Crippen LogP contribution in [-0.2, 0) is 16.1 Å². The molecule has 1 aromatic rings. The number of amides is 2. The number of benzene rings is 1. The Morgan fingerprint density at radius 2 is 2.05 bits per heavy atom. The van der Waals surface area contributed by atoms with Crippen LogP contribution in [0.25, 0.3) is 0 Å². The molecule has 20 heavy (non-hydrogen) atoms. The lowest BCUT2D eigenvalue weighted by Crippen LogP contribution is -2.41. The fourth-order valence-electron chi connectivity index (χ4n) is 2.39. The first-order chi connectivity index (χ1) is 9.70. The monoisotopic (exact) mass is 276 g/mol. The van der Waals surface area contributed by atoms with Gasteiger partial charge in [-0.3, -0.25) is 19.4 Å². The van der Waals surface area contributed by atoms with E-state index in [1.807, 2.05) is 35.2 Å². The van der Waals surface area contributed by atoms with Crippen LogP contribution in [0.1, 0.15) is 18.4 Å². The number of imide groups is 1. The molecular formula is C15H20N2O3. The van der Waals surface area contributed by atoms with E-state index in [1.54, 1.807) is 0 Å². The summed E-state index contributed by atoms with van der Waals surface area (Å²) in [5.41, 5.74) is 1.08. The maximum absolute atomic E-state index is 12.1. The third-order valence-electron chi connectivity index (χ3n) is 3.40. The summed E-state index contributed by atoms with van der Waals surface area (Å²) in [6.45, 7) is 1.70. The van der Waals surface area contributed by atoms with Gasteiger partial charge in [-0.2, -0.15) is 0 Å². The highest BCUT2D eigenvalue weighted by atomic mass is 16.3. The van der Waals surface area contributed by atoms with Crippen LogP contribution in [-0.4, -0.2) is 53.0 Å². The molecule has 1 saturated heterocycles. The fraction of sp³-hybridized carbons (Fsp3) is 0.467. The normalized spacial score (nSPS) is 15.1. The summed E-state index contributed by atoms with van der Waals surface area (Å²) in [4.78, 5) is 26.9. The van der Waals surface area contributed by atoms with Crippen molar-refractivity contribution in [2.75, 3.05) is 26.2 Å². The van der Waals surface area contributed by atoms with Crippen LogP contribution in [0, 0.1) is 0 Å². The second-order valence-electron chi connectivity index (χ2n) is 4.96. The van der Waals surface area contributed by atoms with Crippen LogP contribution < -0.4 is 0 Å². The van der Waals surface area contributed by atoms with E-state index >= 15 is 0 Å². The van der Waals surface area contributed by atoms with Gasteiger partial charge in [0.05, 0.1) is 13.2 Å². The number of nitrogens with zero attached hydrogens (tertiary/aromatic N) is 2. The predicted octanol–water partition coefficient (Wildman–Crippen LogP) is 0.630. The van der Waals surface area contributed by atoms with Crippen molar-refractivity contribution in [3.8, 4) is 0 Å². The van der Waals surface area contributed by atoms with Crippen molar-refractivity contribution in [2.24, 2.45) is 0 Å². The van der Waals surface area contributed by atoms with Gasteiger partial charge in [0.15, 0.2) is 0 Å². The standard InChI is InChI=1S/C15H20N2O3/c18-10-9-16(11-13-5-2-1-3-6-13)12-15(20)17-8-4-7-14(17)19/h1-3,5-6,18H,4,7-12H2. The lowest BCUT2D eigenvalue weighted by Gasteiger charge is -2.23. The zero-order valence-electron chi connectivity index (χ0n) is 11.5. The van der Waals surface area contributed by atoms with Crippen molar-refractivity contribution >= 4 is 11.8 Å². The van der Waals surface area contributed by atoms with Gasteiger partial charge in [-0.05, 0) is 12.0 Å². The summed E-state index contributed by atoms with van der Waals surface area (Å²) in [5, 5.41) is 9.11. The van der Waals surface area contributed by atoms with Crippen molar-refractivity contribution in [1.29, 1.82) is 0 Å². The zero-order valence-corrected chi connectivity index (χ0v) is 11.5. The van der Waals surface area contributed by atoms with Gasteiger partial charge in [-0.15, -0.1) is 0 Å². The smallest absolute Gasteiger partial charge is 0.243 e. The largest absolute Gasteiger partial charge is 0.395 e. The number of aliphatic hydroxyl groups is 1. The predicted molar refractivity (Wildman–Crippen MR) is 74.8 cm³/mol. The van der Waals surface area contributed by atoms with Gasteiger partial charge in [0, 0.05) is 26.1 Å². The summed E-state index contributed by atoms with van der Waals surface area (Å²) in [6, 6.07) is 9.79. The maximum Gasteiger partial charge on any atom is 0.243 e. The zero-order chi connectivity index (χ0) is 14.4. The van der Waals surface area contributed by atoms with Gasteiger partial charge >= 0.3 is 0 Å². The molecule has 5 nitrogen and oxygen atoms in total. The molecule has 0 saturated carbocycles. The maximum atomic E-state index is 12.1. The van der Waals surface area contributed by atoms with E-state index in [4.69, 9.17) is 5.11 Å². The van der Waals surface area contributed by atoms with Crippen LogP contribution in [0.2, 0.25) is 0 Å². The minimum atomic E-state index is -0.170. The van der Waals surface area contributed by atoms with Crippen molar-refractivity contribution in [3.05, 3.63) is 35.9 Å². The van der Waals surface area contributed by atoms with Gasteiger partial charge in [0.1, 0.15) is 0 Å². The van der Waals surface area contributed by atoms with Crippen LogP contribution in [0.4, 0.5) is 0 Å². The average molecular weight is 276 g/mol. The molecule has 2 amide bonds. The van der Waals surface area contributed by atoms with E-state index in [2.05, 4.69) is 0 Å². The molecule has 1 aliphatic heterocycles. The molecule has 0 unspecified atom stereocenters. The molecule has 1 N–H and O–H groups in total. The number of carbonyl (C=O) groups is 2. The Labute approximate surface area is 118 Å². The lowest BCUT2D eigenvalue weighted by molar-refractivity contribution is -0.142. The number of likely N-dealkylation sites (tertiary alicyclic amines) is 1. The molecule has 0 atom stereocenters. The summed E-state index contributed by atoms with van der Waals surface area (Å²) < 4.78 is 0. The lowest BCUT2D eigenvalue weighted by atomic mass is 10.2. The fourth-order valence-corrected chi connectivity index (χ4v) is 2.39. The highest BCUT2D eigenvalue weighted by Crippen LogP contribution is 2.11. The van der Waals surface area contributed by atoms with Crippen LogP contribution in [0.15, 0.2) is 30.3 Å². The minimum Gasteiger partial charge on any atom is -0.395 e. The molecule has 1 fully saturated rings. The molecule has 1 aliphatic rings. The number of aliphatic hydroxyl groups excluding tert-OH is 1. The summed E-state index contributed by atoms with van der Waals surface area (Å²) in [6.07, 6.45) is 1.22. The number of hydrogen-bond donors (Lipinski definition) is 1. The average Bonchev–Trinajstić information content (AvgIpc) is 2.86. The second kappa shape index (κ2) is 7.17. The summed E-state index contributed by atoms with van der Waals surface area (Å²) in [7, 11) is 0. The van der Waals surface area contributed by atoms with Crippen LogP contribution in [0.3, 0.4) is 0 Å². The van der Waals surface area contributed by atoms with Gasteiger partial charge in [0.2, 0.25) is 11.8 Å². The quantitative estimate of drug-likeness (QED) is 0.828. The van der Waals surface area contributed by atoms with Crippen molar-refractivity contribution in [2.45, 2.75) is 19.4 Å². The number of carbonyl (C=O) groups excluding carboxylic acids is 2. The molecule has 5 heteroatoms. The van der Waals surface area contributed by atoms with E-state index in [1.165, 1.54) is 4.90 Å². The Bertz CT molecular complexity index is 461.